The van der Waals surface area contributed by atoms with Gasteiger partial charge in [0.25, 0.3) is 0 Å². The molecule has 6 nitrogen and oxygen atoms in total. The first kappa shape index (κ1) is 16.5. The van der Waals surface area contributed by atoms with Crippen molar-refractivity contribution >= 4 is 11.7 Å². The fourth-order valence-corrected chi connectivity index (χ4v) is 3.33. The average molecular weight is 328 g/mol. The van der Waals surface area contributed by atoms with Gasteiger partial charge in [0.1, 0.15) is 11.6 Å². The summed E-state index contributed by atoms with van der Waals surface area (Å²) < 4.78 is 5.16. The number of carbonyl (C=O) groups excluding carboxylic acids is 1. The summed E-state index contributed by atoms with van der Waals surface area (Å²) in [6.07, 6.45) is 4.31. The van der Waals surface area contributed by atoms with Crippen LogP contribution in [0.1, 0.15) is 41.3 Å². The highest BCUT2D eigenvalue weighted by molar-refractivity contribution is 5.79. The Bertz CT molecular complexity index is 706. The van der Waals surface area contributed by atoms with Crippen molar-refractivity contribution in [2.24, 2.45) is 0 Å². The molecule has 1 aliphatic rings. The predicted octanol–water partition coefficient (Wildman–Crippen LogP) is 2.68. The summed E-state index contributed by atoms with van der Waals surface area (Å²) in [5.41, 5.74) is 2.97. The van der Waals surface area contributed by atoms with Crippen LogP contribution in [0, 0.1) is 13.8 Å². The van der Waals surface area contributed by atoms with Crippen LogP contribution in [0.2, 0.25) is 0 Å². The number of hydrogen-bond donors (Lipinski definition) is 1. The maximum Gasteiger partial charge on any atom is 0.227 e. The largest absolute Gasteiger partial charge is 0.373 e. The third-order valence-corrected chi connectivity index (χ3v) is 4.79. The van der Waals surface area contributed by atoms with Gasteiger partial charge in [0.2, 0.25) is 5.91 Å². The van der Waals surface area contributed by atoms with Gasteiger partial charge in [-0.1, -0.05) is 5.16 Å². The van der Waals surface area contributed by atoms with Crippen molar-refractivity contribution in [2.75, 3.05) is 25.5 Å². The summed E-state index contributed by atoms with van der Waals surface area (Å²) in [4.78, 5) is 18.9. The summed E-state index contributed by atoms with van der Waals surface area (Å²) in [5, 5.41) is 7.01. The van der Waals surface area contributed by atoms with E-state index in [1.165, 1.54) is 5.56 Å². The summed E-state index contributed by atoms with van der Waals surface area (Å²) in [7, 11) is 1.87. The fourth-order valence-electron chi connectivity index (χ4n) is 3.33. The summed E-state index contributed by atoms with van der Waals surface area (Å²) in [6.45, 7) is 5.32. The van der Waals surface area contributed by atoms with Crippen molar-refractivity contribution in [1.82, 2.24) is 15.0 Å². The van der Waals surface area contributed by atoms with Crippen LogP contribution >= 0.6 is 0 Å². The molecule has 3 heterocycles. The Kier molecular flexibility index (Phi) is 4.83. The van der Waals surface area contributed by atoms with Crippen molar-refractivity contribution in [3.8, 4) is 0 Å². The Morgan fingerprint density at radius 3 is 3.00 bits per heavy atom. The Morgan fingerprint density at radius 2 is 2.29 bits per heavy atom. The SMILES string of the molecule is CNc1cc([C@@H]2CCCN(C(=O)Cc3c(C)noc3C)C2)ccn1. The normalized spacial score (nSPS) is 17.8. The quantitative estimate of drug-likeness (QED) is 0.934. The van der Waals surface area contributed by atoms with E-state index in [1.54, 1.807) is 0 Å². The van der Waals surface area contributed by atoms with E-state index in [2.05, 4.69) is 21.5 Å². The zero-order valence-electron chi connectivity index (χ0n) is 14.5. The predicted molar refractivity (Wildman–Crippen MR) is 92.0 cm³/mol. The summed E-state index contributed by atoms with van der Waals surface area (Å²) in [5.74, 6) is 2.12. The molecular weight excluding hydrogens is 304 g/mol. The number of hydrogen-bond acceptors (Lipinski definition) is 5. The lowest BCUT2D eigenvalue weighted by molar-refractivity contribution is -0.131. The molecule has 1 atom stereocenters. The molecule has 0 aromatic carbocycles. The Hall–Kier alpha value is -2.37. The second kappa shape index (κ2) is 7.03. The molecule has 128 valence electrons. The summed E-state index contributed by atoms with van der Waals surface area (Å²) >= 11 is 0. The number of pyridine rings is 1. The third-order valence-electron chi connectivity index (χ3n) is 4.79. The Balaban J connectivity index is 1.69. The number of piperidine rings is 1. The molecule has 0 aliphatic carbocycles. The van der Waals surface area contributed by atoms with Gasteiger partial charge >= 0.3 is 0 Å². The zero-order chi connectivity index (χ0) is 17.1. The number of carbonyl (C=O) groups is 1. The lowest BCUT2D eigenvalue weighted by Gasteiger charge is -2.33. The molecule has 2 aromatic heterocycles. The highest BCUT2D eigenvalue weighted by Gasteiger charge is 2.26. The van der Waals surface area contributed by atoms with E-state index in [4.69, 9.17) is 4.52 Å². The van der Waals surface area contributed by atoms with Gasteiger partial charge in [0.05, 0.1) is 12.1 Å². The molecule has 0 spiro atoms. The molecule has 0 saturated carbocycles. The minimum Gasteiger partial charge on any atom is -0.373 e. The molecule has 0 unspecified atom stereocenters. The standard InChI is InChI=1S/C18H24N4O2/c1-12-16(13(2)24-21-12)10-18(23)22-8-4-5-15(11-22)14-6-7-20-17(9-14)19-3/h6-7,9,15H,4-5,8,10-11H2,1-3H3,(H,19,20)/t15-/m1/s1. The fraction of sp³-hybridized carbons (Fsp3) is 0.500. The lowest BCUT2D eigenvalue weighted by Crippen LogP contribution is -2.40. The first-order valence-corrected chi connectivity index (χ1v) is 8.41. The minimum atomic E-state index is 0.150. The molecule has 3 rings (SSSR count). The van der Waals surface area contributed by atoms with Crippen LogP contribution in [0.3, 0.4) is 0 Å². The first-order chi connectivity index (χ1) is 11.6. The molecule has 6 heteroatoms. The zero-order valence-corrected chi connectivity index (χ0v) is 14.5. The molecule has 1 aliphatic heterocycles. The Morgan fingerprint density at radius 1 is 1.46 bits per heavy atom. The van der Waals surface area contributed by atoms with Crippen molar-refractivity contribution < 1.29 is 9.32 Å². The Labute approximate surface area is 142 Å². The maximum atomic E-state index is 12.7. The number of anilines is 1. The van der Waals surface area contributed by atoms with Gasteiger partial charge in [-0.3, -0.25) is 4.79 Å². The van der Waals surface area contributed by atoms with E-state index in [0.29, 0.717) is 12.3 Å². The van der Waals surface area contributed by atoms with Gasteiger partial charge in [-0.15, -0.1) is 0 Å². The van der Waals surface area contributed by atoms with Crippen molar-refractivity contribution in [3.05, 3.63) is 40.9 Å². The van der Waals surface area contributed by atoms with Gasteiger partial charge in [0.15, 0.2) is 0 Å². The molecular formula is C18H24N4O2. The topological polar surface area (TPSA) is 71.3 Å². The van der Waals surface area contributed by atoms with E-state index >= 15 is 0 Å². The number of rotatable bonds is 4. The van der Waals surface area contributed by atoms with Crippen molar-refractivity contribution in [1.29, 1.82) is 0 Å². The molecule has 1 N–H and O–H groups in total. The number of likely N-dealkylation sites (tertiary alicyclic amines) is 1. The van der Waals surface area contributed by atoms with E-state index in [1.807, 2.05) is 38.1 Å². The molecule has 1 amide bonds. The molecule has 1 fully saturated rings. The highest BCUT2D eigenvalue weighted by Crippen LogP contribution is 2.28. The first-order valence-electron chi connectivity index (χ1n) is 8.41. The maximum absolute atomic E-state index is 12.7. The minimum absolute atomic E-state index is 0.150. The van der Waals surface area contributed by atoms with Gasteiger partial charge < -0.3 is 14.7 Å². The van der Waals surface area contributed by atoms with Crippen LogP contribution < -0.4 is 5.32 Å². The van der Waals surface area contributed by atoms with E-state index in [0.717, 1.165) is 48.8 Å². The van der Waals surface area contributed by atoms with Crippen LogP contribution in [-0.2, 0) is 11.2 Å². The van der Waals surface area contributed by atoms with Crippen LogP contribution in [0.15, 0.2) is 22.9 Å². The summed E-state index contributed by atoms with van der Waals surface area (Å²) in [6, 6.07) is 4.13. The van der Waals surface area contributed by atoms with E-state index in [9.17, 15) is 4.79 Å². The lowest BCUT2D eigenvalue weighted by atomic mass is 9.91. The molecule has 2 aromatic rings. The van der Waals surface area contributed by atoms with Gasteiger partial charge in [-0.25, -0.2) is 4.98 Å². The van der Waals surface area contributed by atoms with Gasteiger partial charge in [-0.2, -0.15) is 0 Å². The molecule has 0 bridgehead atoms. The van der Waals surface area contributed by atoms with Crippen LogP contribution in [0.25, 0.3) is 0 Å². The molecule has 0 radical (unpaired) electrons. The average Bonchev–Trinajstić information content (AvgIpc) is 2.94. The number of nitrogens with zero attached hydrogens (tertiary/aromatic N) is 3. The van der Waals surface area contributed by atoms with Crippen LogP contribution in [-0.4, -0.2) is 41.1 Å². The van der Waals surface area contributed by atoms with Gasteiger partial charge in [0, 0.05) is 37.8 Å². The van der Waals surface area contributed by atoms with E-state index < -0.39 is 0 Å². The highest BCUT2D eigenvalue weighted by atomic mass is 16.5. The van der Waals surface area contributed by atoms with Gasteiger partial charge in [-0.05, 0) is 44.4 Å². The second-order valence-corrected chi connectivity index (χ2v) is 6.38. The van der Waals surface area contributed by atoms with Crippen molar-refractivity contribution in [3.63, 3.8) is 0 Å². The number of amides is 1. The smallest absolute Gasteiger partial charge is 0.227 e. The molecule has 1 saturated heterocycles. The van der Waals surface area contributed by atoms with E-state index in [-0.39, 0.29) is 5.91 Å². The number of nitrogens with one attached hydrogen (secondary N) is 1. The monoisotopic (exact) mass is 328 g/mol. The van der Waals surface area contributed by atoms with Crippen molar-refractivity contribution in [2.45, 2.75) is 39.0 Å². The number of aryl methyl sites for hydroxylation is 2. The second-order valence-electron chi connectivity index (χ2n) is 6.38. The van der Waals surface area contributed by atoms with Crippen LogP contribution in [0.5, 0.6) is 0 Å². The van der Waals surface area contributed by atoms with Crippen LogP contribution in [0.4, 0.5) is 5.82 Å². The third kappa shape index (κ3) is 3.42. The molecule has 24 heavy (non-hydrogen) atoms. The number of aromatic nitrogens is 2.